The Morgan fingerprint density at radius 3 is 2.25 bits per heavy atom. The van der Waals surface area contributed by atoms with Gasteiger partial charge in [-0.3, -0.25) is 14.2 Å². The van der Waals surface area contributed by atoms with Crippen molar-refractivity contribution in [3.63, 3.8) is 0 Å². The number of halogens is 1. The normalized spacial score (nSPS) is 24.4. The predicted octanol–water partition coefficient (Wildman–Crippen LogP) is 1.16. The number of carbonyl (C=O) groups is 2. The Morgan fingerprint density at radius 1 is 1.27 bits per heavy atom. The molecule has 16 nitrogen and oxygen atoms in total. The molecular formula is C21H34FN8O8PS. The molecule has 0 aliphatic carbocycles. The van der Waals surface area contributed by atoms with Gasteiger partial charge in [0.25, 0.3) is 0 Å². The minimum Gasteiger partial charge on any atom is -0.462 e. The van der Waals surface area contributed by atoms with Crippen molar-refractivity contribution in [2.45, 2.75) is 90.1 Å². The molecule has 2 heterocycles. The van der Waals surface area contributed by atoms with Gasteiger partial charge in [0.1, 0.15) is 24.0 Å². The maximum atomic E-state index is 15.5. The monoisotopic (exact) mass is 608 g/mol. The number of carbonyl (C=O) groups excluding carboxylic acids is 2. The van der Waals surface area contributed by atoms with Crippen LogP contribution in [-0.4, -0.2) is 75.5 Å². The van der Waals surface area contributed by atoms with Crippen molar-refractivity contribution in [2.24, 2.45) is 5.11 Å². The quantitative estimate of drug-likeness (QED) is 0.0812. The van der Waals surface area contributed by atoms with E-state index in [0.29, 0.717) is 0 Å². The van der Waals surface area contributed by atoms with Gasteiger partial charge in [0, 0.05) is 11.1 Å². The van der Waals surface area contributed by atoms with Gasteiger partial charge in [-0.2, -0.15) is 4.98 Å². The Labute approximate surface area is 234 Å². The van der Waals surface area contributed by atoms with E-state index in [-0.39, 0.29) is 5.82 Å². The van der Waals surface area contributed by atoms with Crippen molar-refractivity contribution < 1.29 is 37.8 Å². The van der Waals surface area contributed by atoms with Crippen LogP contribution in [0.15, 0.2) is 22.2 Å². The molecular weight excluding hydrogens is 574 g/mol. The van der Waals surface area contributed by atoms with Gasteiger partial charge < -0.3 is 29.6 Å². The molecule has 1 aromatic heterocycles. The summed E-state index contributed by atoms with van der Waals surface area (Å²) < 4.78 is 38.0. The molecule has 1 saturated heterocycles. The lowest BCUT2D eigenvalue weighted by molar-refractivity contribution is -0.149. The van der Waals surface area contributed by atoms with Crippen LogP contribution in [0.25, 0.3) is 10.4 Å². The third kappa shape index (κ3) is 8.41. The van der Waals surface area contributed by atoms with Crippen molar-refractivity contribution in [3.05, 3.63) is 33.2 Å². The Kier molecular flexibility index (Phi) is 11.5. The number of esters is 2. The molecule has 0 bridgehead atoms. The largest absolute Gasteiger partial charge is 0.462 e. The lowest BCUT2D eigenvalue weighted by atomic mass is 10.1. The summed E-state index contributed by atoms with van der Waals surface area (Å²) in [6, 6.07) is -0.904. The van der Waals surface area contributed by atoms with Crippen LogP contribution in [0.4, 0.5) is 10.2 Å². The Bertz CT molecular complexity index is 1200. The summed E-state index contributed by atoms with van der Waals surface area (Å²) in [7, 11) is 0. The van der Waals surface area contributed by atoms with Crippen molar-refractivity contribution in [1.29, 1.82) is 0 Å². The first-order valence-corrected chi connectivity index (χ1v) is 14.9. The number of anilines is 1. The van der Waals surface area contributed by atoms with Crippen molar-refractivity contribution in [2.75, 3.05) is 12.3 Å². The van der Waals surface area contributed by atoms with Gasteiger partial charge >= 0.3 is 17.6 Å². The van der Waals surface area contributed by atoms with E-state index < -0.39 is 79.3 Å². The molecule has 6 atom stereocenters. The number of nitrogens with two attached hydrogens (primary N) is 1. The van der Waals surface area contributed by atoms with E-state index in [9.17, 15) is 25.0 Å². The predicted molar refractivity (Wildman–Crippen MR) is 144 cm³/mol. The van der Waals surface area contributed by atoms with Crippen LogP contribution in [0.3, 0.4) is 0 Å². The number of nitrogen functional groups attached to an aromatic ring is 1. The van der Waals surface area contributed by atoms with Crippen LogP contribution >= 0.6 is 6.57 Å². The van der Waals surface area contributed by atoms with Gasteiger partial charge in [-0.05, 0) is 64.9 Å². The molecule has 0 saturated carbocycles. The molecule has 19 heteroatoms. The maximum absolute atomic E-state index is 15.5. The number of aliphatic hydroxyl groups excluding tert-OH is 1. The van der Waals surface area contributed by atoms with E-state index in [2.05, 4.69) is 25.2 Å². The average molecular weight is 609 g/mol. The second-order valence-corrected chi connectivity index (χ2v) is 12.9. The fraction of sp³-hybridized carbons (Fsp3) is 0.714. The van der Waals surface area contributed by atoms with E-state index in [1.54, 1.807) is 27.7 Å². The van der Waals surface area contributed by atoms with Crippen molar-refractivity contribution in [3.8, 4) is 0 Å². The summed E-state index contributed by atoms with van der Waals surface area (Å²) in [5.41, 5.74) is 11.2. The highest BCUT2D eigenvalue weighted by molar-refractivity contribution is 8.10. The molecule has 40 heavy (non-hydrogen) atoms. The zero-order chi connectivity index (χ0) is 30.4. The summed E-state index contributed by atoms with van der Waals surface area (Å²) in [4.78, 5) is 43.3. The van der Waals surface area contributed by atoms with Crippen LogP contribution < -0.4 is 21.6 Å². The number of hydrogen-bond donors (Lipinski definition) is 4. The molecule has 224 valence electrons. The molecule has 0 amide bonds. The van der Waals surface area contributed by atoms with Crippen LogP contribution in [0.5, 0.6) is 0 Å². The zero-order valence-corrected chi connectivity index (χ0v) is 24.5. The number of nitrogens with one attached hydrogen (secondary N) is 2. The summed E-state index contributed by atoms with van der Waals surface area (Å²) in [6.45, 7) is 4.86. The molecule has 0 radical (unpaired) electrons. The van der Waals surface area contributed by atoms with Crippen molar-refractivity contribution >= 4 is 36.1 Å². The highest BCUT2D eigenvalue weighted by Crippen LogP contribution is 2.46. The second-order valence-electron chi connectivity index (χ2n) is 9.48. The van der Waals surface area contributed by atoms with Gasteiger partial charge in [0.05, 0.1) is 18.8 Å². The van der Waals surface area contributed by atoms with Crippen LogP contribution in [0, 0.1) is 0 Å². The van der Waals surface area contributed by atoms with E-state index in [1.165, 1.54) is 19.9 Å². The highest BCUT2D eigenvalue weighted by Gasteiger charge is 2.57. The van der Waals surface area contributed by atoms with Crippen LogP contribution in [-0.2, 0) is 40.1 Å². The van der Waals surface area contributed by atoms with Crippen LogP contribution in [0.2, 0.25) is 0 Å². The summed E-state index contributed by atoms with van der Waals surface area (Å²) >= 11 is 5.61. The molecule has 1 aromatic rings. The first-order chi connectivity index (χ1) is 18.5. The number of rotatable bonds is 13. The Hall–Kier alpha value is -2.69. The summed E-state index contributed by atoms with van der Waals surface area (Å²) in [6.07, 6.45) is -5.86. The van der Waals surface area contributed by atoms with Gasteiger partial charge in [-0.15, -0.1) is 0 Å². The minimum atomic E-state index is -3.68. The molecule has 1 aliphatic rings. The third-order valence-corrected chi connectivity index (χ3v) is 8.17. The third-order valence-electron chi connectivity index (χ3n) is 5.28. The standard InChI is InChI=1S/C21H34FN8O8PS/c1-10(2)36-18(32)12(5)26-39(40,27-13(6)19(33)37-11(3)4)35-9-21(28-29-24)16(22)15(31)17(38-21)30-8-7-14(23)25-20(30)34/h7-8,10-13,15-17,31H,9H2,1-6H3,(H2,23,25,34)(H2,26,27,40)/t12-,13-,15+,16-,17+,21+/m0/s1. The summed E-state index contributed by atoms with van der Waals surface area (Å²) in [5, 5.41) is 19.5. The Morgan fingerprint density at radius 2 is 1.80 bits per heavy atom. The summed E-state index contributed by atoms with van der Waals surface area (Å²) in [5.74, 6) is -1.51. The number of hydrogen-bond acceptors (Lipinski definition) is 12. The molecule has 1 aliphatic heterocycles. The van der Waals surface area contributed by atoms with Gasteiger partial charge in [0.2, 0.25) is 5.72 Å². The fourth-order valence-corrected chi connectivity index (χ4v) is 6.40. The second kappa shape index (κ2) is 13.8. The first kappa shape index (κ1) is 33.5. The van der Waals surface area contributed by atoms with E-state index in [1.807, 2.05) is 0 Å². The lowest BCUT2D eigenvalue weighted by Gasteiger charge is -2.33. The fourth-order valence-electron chi connectivity index (χ4n) is 3.47. The topological polar surface area (TPSA) is 225 Å². The Balaban J connectivity index is 2.39. The molecule has 1 fully saturated rings. The molecule has 5 N–H and O–H groups in total. The van der Waals surface area contributed by atoms with E-state index in [4.69, 9.17) is 36.3 Å². The molecule has 0 unspecified atom stereocenters. The number of aliphatic hydroxyl groups is 1. The van der Waals surface area contributed by atoms with Gasteiger partial charge in [-0.25, -0.2) is 19.4 Å². The number of aromatic nitrogens is 2. The lowest BCUT2D eigenvalue weighted by Crippen LogP contribution is -2.46. The molecule has 0 aromatic carbocycles. The zero-order valence-electron chi connectivity index (χ0n) is 22.8. The maximum Gasteiger partial charge on any atom is 0.351 e. The average Bonchev–Trinajstić information content (AvgIpc) is 3.07. The highest BCUT2D eigenvalue weighted by atomic mass is 32.4. The van der Waals surface area contributed by atoms with E-state index >= 15 is 4.39 Å². The van der Waals surface area contributed by atoms with Gasteiger partial charge in [-0.1, -0.05) is 5.11 Å². The molecule has 0 spiro atoms. The minimum absolute atomic E-state index is 0.122. The first-order valence-electron chi connectivity index (χ1n) is 12.2. The van der Waals surface area contributed by atoms with Crippen LogP contribution in [0.1, 0.15) is 47.8 Å². The SMILES string of the molecule is CC(C)OC(=O)[C@H](C)NP(=S)(N[C@@H](C)C(=O)OC(C)C)OC[C@@]1(N=[N+]=[N-])O[C@@H](n2ccc(N)nc2=O)[C@H](O)[C@@H]1F. The van der Waals surface area contributed by atoms with E-state index in [0.717, 1.165) is 10.8 Å². The number of nitrogens with zero attached hydrogens (tertiary/aromatic N) is 5. The number of alkyl halides is 1. The van der Waals surface area contributed by atoms with Gasteiger partial charge in [0.15, 0.2) is 19.0 Å². The number of azide groups is 1. The van der Waals surface area contributed by atoms with Crippen molar-refractivity contribution in [1.82, 2.24) is 19.7 Å². The number of ether oxygens (including phenoxy) is 3. The molecule has 2 rings (SSSR count). The smallest absolute Gasteiger partial charge is 0.351 e.